The Labute approximate surface area is 145 Å². The van der Waals surface area contributed by atoms with Crippen molar-refractivity contribution in [3.05, 3.63) is 48.0 Å². The molecule has 0 saturated heterocycles. The number of alkyl halides is 2. The standard InChI is InChI=1S/C19H21F2NO3/c1-3-22(4-2)17(24)25-18(16(23)13-8-6-5-7-9-13)14-10-11-15(12-14)19(18,20)21/h5-11,14-15H,3-4,12H2,1-2H3/t14-,15+,18-/m0/s1. The van der Waals surface area contributed by atoms with Gasteiger partial charge >= 0.3 is 12.0 Å². The van der Waals surface area contributed by atoms with Gasteiger partial charge in [-0.1, -0.05) is 42.5 Å². The van der Waals surface area contributed by atoms with E-state index in [2.05, 4.69) is 0 Å². The maximum atomic E-state index is 15.2. The summed E-state index contributed by atoms with van der Waals surface area (Å²) < 4.78 is 35.7. The number of fused-ring (bicyclic) bond motifs is 2. The minimum Gasteiger partial charge on any atom is -0.427 e. The van der Waals surface area contributed by atoms with Gasteiger partial charge in [-0.25, -0.2) is 13.6 Å². The molecule has 1 amide bonds. The largest absolute Gasteiger partial charge is 0.427 e. The summed E-state index contributed by atoms with van der Waals surface area (Å²) in [5.41, 5.74) is -2.36. The number of allylic oxidation sites excluding steroid dienone is 1. The highest BCUT2D eigenvalue weighted by molar-refractivity contribution is 6.05. The Bertz CT molecular complexity index is 700. The number of benzene rings is 1. The number of carbonyl (C=O) groups is 2. The molecule has 2 aliphatic carbocycles. The minimum atomic E-state index is -3.44. The van der Waals surface area contributed by atoms with Gasteiger partial charge in [0, 0.05) is 30.5 Å². The zero-order valence-electron chi connectivity index (χ0n) is 14.2. The summed E-state index contributed by atoms with van der Waals surface area (Å²) in [5, 5.41) is 0. The first-order valence-electron chi connectivity index (χ1n) is 8.52. The maximum absolute atomic E-state index is 15.2. The van der Waals surface area contributed by atoms with Crippen LogP contribution in [-0.2, 0) is 4.74 Å². The normalized spacial score (nSPS) is 28.8. The Kier molecular flexibility index (Phi) is 4.39. The maximum Gasteiger partial charge on any atom is 0.410 e. The van der Waals surface area contributed by atoms with Crippen LogP contribution >= 0.6 is 0 Å². The fraction of sp³-hybridized carbons (Fsp3) is 0.474. The van der Waals surface area contributed by atoms with Crippen LogP contribution in [0.1, 0.15) is 30.6 Å². The van der Waals surface area contributed by atoms with E-state index in [-0.39, 0.29) is 12.0 Å². The second-order valence-corrected chi connectivity index (χ2v) is 6.43. The molecule has 0 aliphatic heterocycles. The lowest BCUT2D eigenvalue weighted by Gasteiger charge is -2.40. The van der Waals surface area contributed by atoms with Crippen molar-refractivity contribution in [3.63, 3.8) is 0 Å². The first-order chi connectivity index (χ1) is 11.9. The van der Waals surface area contributed by atoms with Gasteiger partial charge in [0.2, 0.25) is 11.4 Å². The van der Waals surface area contributed by atoms with Gasteiger partial charge < -0.3 is 9.64 Å². The number of ether oxygens (including phenoxy) is 1. The Morgan fingerprint density at radius 1 is 1.12 bits per heavy atom. The van der Waals surface area contributed by atoms with Crippen molar-refractivity contribution in [2.24, 2.45) is 11.8 Å². The highest BCUT2D eigenvalue weighted by atomic mass is 19.3. The Morgan fingerprint density at radius 3 is 2.24 bits per heavy atom. The summed E-state index contributed by atoms with van der Waals surface area (Å²) >= 11 is 0. The van der Waals surface area contributed by atoms with E-state index in [0.29, 0.717) is 13.1 Å². The van der Waals surface area contributed by atoms with Crippen LogP contribution in [0.2, 0.25) is 0 Å². The zero-order valence-corrected chi connectivity index (χ0v) is 14.2. The quantitative estimate of drug-likeness (QED) is 0.598. The molecule has 0 radical (unpaired) electrons. The summed E-state index contributed by atoms with van der Waals surface area (Å²) in [6.45, 7) is 4.10. The number of hydrogen-bond donors (Lipinski definition) is 0. The smallest absolute Gasteiger partial charge is 0.410 e. The van der Waals surface area contributed by atoms with Crippen molar-refractivity contribution in [3.8, 4) is 0 Å². The van der Waals surface area contributed by atoms with E-state index in [1.807, 2.05) is 0 Å². The number of amides is 1. The number of Topliss-reactive ketones (excluding diaryl/α,β-unsaturated/α-hetero) is 1. The van der Waals surface area contributed by atoms with Gasteiger partial charge in [-0.15, -0.1) is 0 Å². The van der Waals surface area contributed by atoms with E-state index in [4.69, 9.17) is 4.74 Å². The van der Waals surface area contributed by atoms with Crippen molar-refractivity contribution >= 4 is 11.9 Å². The lowest BCUT2D eigenvalue weighted by Crippen LogP contribution is -2.61. The molecule has 6 heteroatoms. The SMILES string of the molecule is CCN(CC)C(=O)O[C@]1(C(=O)c2ccccc2)[C@H]2C=C[C@H](C2)C1(F)F. The zero-order chi connectivity index (χ0) is 18.2. The third kappa shape index (κ3) is 2.46. The Morgan fingerprint density at radius 2 is 1.72 bits per heavy atom. The van der Waals surface area contributed by atoms with Gasteiger partial charge in [-0.05, 0) is 20.3 Å². The van der Waals surface area contributed by atoms with Crippen LogP contribution in [0.5, 0.6) is 0 Å². The molecule has 0 heterocycles. The highest BCUT2D eigenvalue weighted by Gasteiger charge is 2.75. The van der Waals surface area contributed by atoms with E-state index in [9.17, 15) is 9.59 Å². The summed E-state index contributed by atoms with van der Waals surface area (Å²) in [6, 6.07) is 7.86. The minimum absolute atomic E-state index is 0.108. The number of ketones is 1. The highest BCUT2D eigenvalue weighted by Crippen LogP contribution is 2.59. The number of hydrogen-bond acceptors (Lipinski definition) is 3. The second-order valence-electron chi connectivity index (χ2n) is 6.43. The van der Waals surface area contributed by atoms with E-state index >= 15 is 8.78 Å². The van der Waals surface area contributed by atoms with Crippen molar-refractivity contribution in [1.82, 2.24) is 4.90 Å². The second kappa shape index (κ2) is 6.24. The van der Waals surface area contributed by atoms with Crippen LogP contribution in [0.25, 0.3) is 0 Å². The molecule has 1 aromatic rings. The molecule has 134 valence electrons. The number of carbonyl (C=O) groups excluding carboxylic acids is 2. The van der Waals surface area contributed by atoms with Crippen molar-refractivity contribution < 1.29 is 23.1 Å². The van der Waals surface area contributed by atoms with E-state index in [0.717, 1.165) is 0 Å². The monoisotopic (exact) mass is 349 g/mol. The van der Waals surface area contributed by atoms with E-state index in [1.165, 1.54) is 23.1 Å². The average molecular weight is 349 g/mol. The molecule has 4 nitrogen and oxygen atoms in total. The number of rotatable bonds is 5. The van der Waals surface area contributed by atoms with Gasteiger partial charge in [-0.2, -0.15) is 0 Å². The van der Waals surface area contributed by atoms with Gasteiger partial charge in [0.1, 0.15) is 0 Å². The summed E-state index contributed by atoms with van der Waals surface area (Å²) in [7, 11) is 0. The first kappa shape index (κ1) is 17.6. The molecule has 2 aliphatic rings. The van der Waals surface area contributed by atoms with Crippen LogP contribution in [0, 0.1) is 11.8 Å². The molecule has 0 aromatic heterocycles. The Hall–Kier alpha value is -2.24. The van der Waals surface area contributed by atoms with Crippen LogP contribution in [0.4, 0.5) is 13.6 Å². The lowest BCUT2D eigenvalue weighted by molar-refractivity contribution is -0.164. The van der Waals surface area contributed by atoms with Gasteiger partial charge in [-0.3, -0.25) is 4.79 Å². The third-order valence-electron chi connectivity index (χ3n) is 5.21. The van der Waals surface area contributed by atoms with E-state index < -0.39 is 35.2 Å². The van der Waals surface area contributed by atoms with Gasteiger partial charge in [0.15, 0.2) is 0 Å². The average Bonchev–Trinajstić information content (AvgIpc) is 3.17. The van der Waals surface area contributed by atoms with Crippen LogP contribution < -0.4 is 0 Å². The molecule has 1 saturated carbocycles. The van der Waals surface area contributed by atoms with Gasteiger partial charge in [0.05, 0.1) is 0 Å². The molecule has 1 fully saturated rings. The molecule has 0 spiro atoms. The molecular formula is C19H21F2NO3. The predicted octanol–water partition coefficient (Wildman–Crippen LogP) is 3.93. The molecule has 0 N–H and O–H groups in total. The molecule has 25 heavy (non-hydrogen) atoms. The predicted molar refractivity (Wildman–Crippen MR) is 88.6 cm³/mol. The molecule has 2 bridgehead atoms. The van der Waals surface area contributed by atoms with Crippen LogP contribution in [-0.4, -0.2) is 41.4 Å². The third-order valence-corrected chi connectivity index (χ3v) is 5.21. The fourth-order valence-electron chi connectivity index (χ4n) is 3.79. The topological polar surface area (TPSA) is 46.6 Å². The van der Waals surface area contributed by atoms with Crippen molar-refractivity contribution in [2.45, 2.75) is 31.8 Å². The van der Waals surface area contributed by atoms with E-state index in [1.54, 1.807) is 38.1 Å². The lowest BCUT2D eigenvalue weighted by atomic mass is 9.78. The van der Waals surface area contributed by atoms with Crippen LogP contribution in [0.15, 0.2) is 42.5 Å². The molecular weight excluding hydrogens is 328 g/mol. The summed E-state index contributed by atoms with van der Waals surface area (Å²) in [4.78, 5) is 26.9. The first-order valence-corrected chi connectivity index (χ1v) is 8.52. The molecule has 3 rings (SSSR count). The summed E-state index contributed by atoms with van der Waals surface area (Å²) in [5.74, 6) is -6.19. The number of halogens is 2. The molecule has 1 aromatic carbocycles. The number of nitrogens with zero attached hydrogens (tertiary/aromatic N) is 1. The van der Waals surface area contributed by atoms with Crippen molar-refractivity contribution in [2.75, 3.05) is 13.1 Å². The fourth-order valence-corrected chi connectivity index (χ4v) is 3.79. The Balaban J connectivity index is 2.06. The van der Waals surface area contributed by atoms with Crippen molar-refractivity contribution in [1.29, 1.82) is 0 Å². The van der Waals surface area contributed by atoms with Crippen LogP contribution in [0.3, 0.4) is 0 Å². The molecule has 0 unspecified atom stereocenters. The van der Waals surface area contributed by atoms with Gasteiger partial charge in [0.25, 0.3) is 0 Å². The molecule has 3 atom stereocenters. The summed E-state index contributed by atoms with van der Waals surface area (Å²) in [6.07, 6.45) is 2.23.